The standard InChI is InChI=1S/C11H18N6O2/c1-19-11-15-9(12)14-10(16-11)13-7-8(18)17-5-3-2-4-6-17/h2-7H2,1H3,(H3,12,13,14,15,16). The van der Waals surface area contributed by atoms with E-state index in [2.05, 4.69) is 20.3 Å². The van der Waals surface area contributed by atoms with Crippen LogP contribution < -0.4 is 15.8 Å². The minimum absolute atomic E-state index is 0.0395. The summed E-state index contributed by atoms with van der Waals surface area (Å²) in [6, 6.07) is 0.125. The highest BCUT2D eigenvalue weighted by Crippen LogP contribution is 2.10. The summed E-state index contributed by atoms with van der Waals surface area (Å²) in [7, 11) is 1.44. The summed E-state index contributed by atoms with van der Waals surface area (Å²) < 4.78 is 4.88. The number of rotatable bonds is 4. The van der Waals surface area contributed by atoms with Crippen LogP contribution in [0.3, 0.4) is 0 Å². The molecule has 2 rings (SSSR count). The zero-order valence-electron chi connectivity index (χ0n) is 10.9. The Kier molecular flexibility index (Phi) is 4.32. The van der Waals surface area contributed by atoms with Gasteiger partial charge in [-0.3, -0.25) is 4.79 Å². The maximum absolute atomic E-state index is 11.9. The lowest BCUT2D eigenvalue weighted by molar-refractivity contribution is -0.130. The lowest BCUT2D eigenvalue weighted by atomic mass is 10.1. The Morgan fingerprint density at radius 1 is 1.32 bits per heavy atom. The number of nitrogens with zero attached hydrogens (tertiary/aromatic N) is 4. The monoisotopic (exact) mass is 266 g/mol. The summed E-state index contributed by atoms with van der Waals surface area (Å²) in [6.45, 7) is 1.79. The van der Waals surface area contributed by atoms with Gasteiger partial charge in [0.05, 0.1) is 13.7 Å². The molecule has 19 heavy (non-hydrogen) atoms. The van der Waals surface area contributed by atoms with Crippen LogP contribution in [-0.2, 0) is 4.79 Å². The minimum atomic E-state index is 0.0395. The number of amides is 1. The van der Waals surface area contributed by atoms with Crippen molar-refractivity contribution < 1.29 is 9.53 Å². The van der Waals surface area contributed by atoms with E-state index < -0.39 is 0 Å². The second-order valence-corrected chi connectivity index (χ2v) is 4.30. The van der Waals surface area contributed by atoms with E-state index in [0.717, 1.165) is 25.9 Å². The van der Waals surface area contributed by atoms with E-state index in [-0.39, 0.29) is 30.4 Å². The number of anilines is 2. The summed E-state index contributed by atoms with van der Waals surface area (Å²) in [5.74, 6) is 0.340. The quantitative estimate of drug-likeness (QED) is 0.782. The van der Waals surface area contributed by atoms with Gasteiger partial charge in [-0.15, -0.1) is 0 Å². The molecule has 0 aromatic carbocycles. The molecule has 104 valence electrons. The van der Waals surface area contributed by atoms with Crippen LogP contribution in [0.4, 0.5) is 11.9 Å². The molecule has 2 heterocycles. The molecule has 0 atom stereocenters. The van der Waals surface area contributed by atoms with Gasteiger partial charge in [0, 0.05) is 13.1 Å². The third-order valence-electron chi connectivity index (χ3n) is 2.92. The third kappa shape index (κ3) is 3.67. The molecular weight excluding hydrogens is 248 g/mol. The molecule has 1 fully saturated rings. The largest absolute Gasteiger partial charge is 0.467 e. The fraction of sp³-hybridized carbons (Fsp3) is 0.636. The van der Waals surface area contributed by atoms with Crippen molar-refractivity contribution in [3.05, 3.63) is 0 Å². The van der Waals surface area contributed by atoms with E-state index in [0.29, 0.717) is 0 Å². The van der Waals surface area contributed by atoms with Crippen LogP contribution in [0.5, 0.6) is 6.01 Å². The molecule has 0 radical (unpaired) electrons. The van der Waals surface area contributed by atoms with Crippen LogP contribution in [-0.4, -0.2) is 52.5 Å². The van der Waals surface area contributed by atoms with Gasteiger partial charge >= 0.3 is 6.01 Å². The second kappa shape index (κ2) is 6.17. The van der Waals surface area contributed by atoms with Crippen LogP contribution in [0.1, 0.15) is 19.3 Å². The second-order valence-electron chi connectivity index (χ2n) is 4.30. The zero-order chi connectivity index (χ0) is 13.7. The molecule has 1 aliphatic rings. The minimum Gasteiger partial charge on any atom is -0.467 e. The molecular formula is C11H18N6O2. The maximum atomic E-state index is 11.9. The molecule has 8 heteroatoms. The lowest BCUT2D eigenvalue weighted by Gasteiger charge is -2.26. The number of nitrogen functional groups attached to an aromatic ring is 1. The van der Waals surface area contributed by atoms with Gasteiger partial charge in [-0.05, 0) is 19.3 Å². The molecule has 0 saturated carbocycles. The van der Waals surface area contributed by atoms with Gasteiger partial charge in [0.25, 0.3) is 0 Å². The molecule has 8 nitrogen and oxygen atoms in total. The molecule has 0 spiro atoms. The van der Waals surface area contributed by atoms with E-state index in [1.807, 2.05) is 4.90 Å². The zero-order valence-corrected chi connectivity index (χ0v) is 10.9. The Morgan fingerprint density at radius 3 is 2.74 bits per heavy atom. The molecule has 1 aromatic rings. The smallest absolute Gasteiger partial charge is 0.322 e. The third-order valence-corrected chi connectivity index (χ3v) is 2.92. The number of hydrogen-bond acceptors (Lipinski definition) is 7. The van der Waals surface area contributed by atoms with Crippen molar-refractivity contribution in [3.8, 4) is 6.01 Å². The van der Waals surface area contributed by atoms with Crippen LogP contribution in [0.2, 0.25) is 0 Å². The highest BCUT2D eigenvalue weighted by atomic mass is 16.5. The predicted octanol–water partition coefficient (Wildman–Crippen LogP) is -0.113. The fourth-order valence-electron chi connectivity index (χ4n) is 1.95. The Labute approximate surface area is 111 Å². The summed E-state index contributed by atoms with van der Waals surface area (Å²) in [5, 5.41) is 2.84. The number of methoxy groups -OCH3 is 1. The van der Waals surface area contributed by atoms with E-state index in [9.17, 15) is 4.79 Å². The molecule has 1 saturated heterocycles. The van der Waals surface area contributed by atoms with E-state index in [1.165, 1.54) is 13.5 Å². The van der Waals surface area contributed by atoms with Crippen LogP contribution in [0.15, 0.2) is 0 Å². The maximum Gasteiger partial charge on any atom is 0.322 e. The molecule has 1 aliphatic heterocycles. The number of carbonyl (C=O) groups is 1. The molecule has 1 amide bonds. The number of carbonyl (C=O) groups excluding carboxylic acids is 1. The fourth-order valence-corrected chi connectivity index (χ4v) is 1.95. The first-order valence-corrected chi connectivity index (χ1v) is 6.26. The highest BCUT2D eigenvalue weighted by Gasteiger charge is 2.16. The van der Waals surface area contributed by atoms with Crippen LogP contribution >= 0.6 is 0 Å². The number of ether oxygens (including phenoxy) is 1. The van der Waals surface area contributed by atoms with E-state index >= 15 is 0 Å². The van der Waals surface area contributed by atoms with Crippen molar-refractivity contribution in [1.82, 2.24) is 19.9 Å². The van der Waals surface area contributed by atoms with E-state index in [1.54, 1.807) is 0 Å². The van der Waals surface area contributed by atoms with Gasteiger partial charge < -0.3 is 20.7 Å². The predicted molar refractivity (Wildman–Crippen MR) is 69.7 cm³/mol. The summed E-state index contributed by atoms with van der Waals surface area (Å²) >= 11 is 0. The Balaban J connectivity index is 1.90. The van der Waals surface area contributed by atoms with Crippen LogP contribution in [0.25, 0.3) is 0 Å². The molecule has 3 N–H and O–H groups in total. The van der Waals surface area contributed by atoms with Crippen molar-refractivity contribution in [1.29, 1.82) is 0 Å². The normalized spacial score (nSPS) is 15.1. The summed E-state index contributed by atoms with van der Waals surface area (Å²) in [4.78, 5) is 25.4. The van der Waals surface area contributed by atoms with Gasteiger partial charge in [-0.2, -0.15) is 15.0 Å². The first-order valence-electron chi connectivity index (χ1n) is 6.26. The number of piperidine rings is 1. The van der Waals surface area contributed by atoms with Gasteiger partial charge in [0.2, 0.25) is 17.8 Å². The van der Waals surface area contributed by atoms with Crippen molar-refractivity contribution in [2.45, 2.75) is 19.3 Å². The summed E-state index contributed by atoms with van der Waals surface area (Å²) in [6.07, 6.45) is 3.33. The van der Waals surface area contributed by atoms with Crippen LogP contribution in [0, 0.1) is 0 Å². The average molecular weight is 266 g/mol. The van der Waals surface area contributed by atoms with Gasteiger partial charge in [0.15, 0.2) is 0 Å². The number of hydrogen-bond donors (Lipinski definition) is 2. The Morgan fingerprint density at radius 2 is 2.05 bits per heavy atom. The molecule has 0 unspecified atom stereocenters. The van der Waals surface area contributed by atoms with Gasteiger partial charge in [-0.25, -0.2) is 0 Å². The topological polar surface area (TPSA) is 106 Å². The Hall–Kier alpha value is -2.12. The number of likely N-dealkylation sites (tertiary alicyclic amines) is 1. The average Bonchev–Trinajstić information content (AvgIpc) is 2.45. The first-order chi connectivity index (χ1) is 9.19. The number of aromatic nitrogens is 3. The highest BCUT2D eigenvalue weighted by molar-refractivity contribution is 5.80. The Bertz CT molecular complexity index is 447. The first kappa shape index (κ1) is 13.3. The number of nitrogens with one attached hydrogen (secondary N) is 1. The van der Waals surface area contributed by atoms with Gasteiger partial charge in [-0.1, -0.05) is 0 Å². The summed E-state index contributed by atoms with van der Waals surface area (Å²) in [5.41, 5.74) is 5.51. The molecule has 1 aromatic heterocycles. The van der Waals surface area contributed by atoms with Crippen molar-refractivity contribution in [3.63, 3.8) is 0 Å². The van der Waals surface area contributed by atoms with Crippen molar-refractivity contribution in [2.75, 3.05) is 37.8 Å². The molecule has 0 aliphatic carbocycles. The van der Waals surface area contributed by atoms with Gasteiger partial charge in [0.1, 0.15) is 0 Å². The van der Waals surface area contributed by atoms with Crippen molar-refractivity contribution in [2.24, 2.45) is 0 Å². The van der Waals surface area contributed by atoms with Crippen molar-refractivity contribution >= 4 is 17.8 Å². The SMILES string of the molecule is COc1nc(N)nc(NCC(=O)N2CCCCC2)n1. The lowest BCUT2D eigenvalue weighted by Crippen LogP contribution is -2.39. The van der Waals surface area contributed by atoms with E-state index in [4.69, 9.17) is 10.5 Å². The molecule has 0 bridgehead atoms. The number of nitrogens with two attached hydrogens (primary N) is 1.